The molecule has 1 atom stereocenters. The Labute approximate surface area is 111 Å². The lowest BCUT2D eigenvalue weighted by Crippen LogP contribution is -2.00. The molecule has 0 aliphatic carbocycles. The molecule has 0 radical (unpaired) electrons. The Kier molecular flexibility index (Phi) is 6.75. The minimum Gasteiger partial charge on any atom is -0.388 e. The standard InChI is InChI=1S/C14H20BrFO/c1-2-3-4-5-6-7-14(17)12-9-8-11(15)10-13(12)16/h8-10,14,17H,2-7H2,1H3. The zero-order chi connectivity index (χ0) is 12.7. The van der Waals surface area contributed by atoms with Crippen LogP contribution in [0.2, 0.25) is 0 Å². The van der Waals surface area contributed by atoms with Crippen molar-refractivity contribution in [2.24, 2.45) is 0 Å². The van der Waals surface area contributed by atoms with Gasteiger partial charge < -0.3 is 5.11 Å². The second-order valence-corrected chi connectivity index (χ2v) is 5.30. The van der Waals surface area contributed by atoms with E-state index in [-0.39, 0.29) is 5.82 Å². The van der Waals surface area contributed by atoms with Gasteiger partial charge in [-0.1, -0.05) is 61.0 Å². The van der Waals surface area contributed by atoms with Gasteiger partial charge in [0.2, 0.25) is 0 Å². The minimum atomic E-state index is -0.676. The van der Waals surface area contributed by atoms with Crippen LogP contribution in [0.4, 0.5) is 4.39 Å². The SMILES string of the molecule is CCCCCCCC(O)c1ccc(Br)cc1F. The summed E-state index contributed by atoms with van der Waals surface area (Å²) >= 11 is 3.20. The van der Waals surface area contributed by atoms with Gasteiger partial charge in [-0.15, -0.1) is 0 Å². The number of aliphatic hydroxyl groups excluding tert-OH is 1. The van der Waals surface area contributed by atoms with Gasteiger partial charge in [-0.25, -0.2) is 4.39 Å². The summed E-state index contributed by atoms with van der Waals surface area (Å²) in [7, 11) is 0. The van der Waals surface area contributed by atoms with Gasteiger partial charge in [0.1, 0.15) is 5.82 Å². The lowest BCUT2D eigenvalue weighted by Gasteiger charge is -2.12. The monoisotopic (exact) mass is 302 g/mol. The Hall–Kier alpha value is -0.410. The molecule has 0 saturated heterocycles. The predicted octanol–water partition coefficient (Wildman–Crippen LogP) is 4.98. The average Bonchev–Trinajstić information content (AvgIpc) is 2.28. The molecule has 17 heavy (non-hydrogen) atoms. The molecule has 1 aromatic carbocycles. The van der Waals surface area contributed by atoms with Crippen LogP contribution in [-0.4, -0.2) is 5.11 Å². The summed E-state index contributed by atoms with van der Waals surface area (Å²) in [6.07, 6.45) is 5.69. The molecule has 1 unspecified atom stereocenters. The van der Waals surface area contributed by atoms with Gasteiger partial charge in [-0.2, -0.15) is 0 Å². The Bertz CT molecular complexity index is 341. The molecule has 0 amide bonds. The van der Waals surface area contributed by atoms with Crippen LogP contribution in [0.5, 0.6) is 0 Å². The normalized spacial score (nSPS) is 12.7. The Morgan fingerprint density at radius 2 is 1.94 bits per heavy atom. The van der Waals surface area contributed by atoms with Crippen LogP contribution in [0.3, 0.4) is 0 Å². The lowest BCUT2D eigenvalue weighted by molar-refractivity contribution is 0.159. The Morgan fingerprint density at radius 3 is 2.59 bits per heavy atom. The molecule has 0 aliphatic rings. The molecule has 0 fully saturated rings. The average molecular weight is 303 g/mol. The third-order valence-electron chi connectivity index (χ3n) is 2.90. The van der Waals surface area contributed by atoms with E-state index in [9.17, 15) is 9.50 Å². The van der Waals surface area contributed by atoms with E-state index in [0.717, 1.165) is 12.8 Å². The van der Waals surface area contributed by atoms with E-state index >= 15 is 0 Å². The molecule has 1 nitrogen and oxygen atoms in total. The maximum absolute atomic E-state index is 13.5. The minimum absolute atomic E-state index is 0.333. The molecule has 0 saturated carbocycles. The van der Waals surface area contributed by atoms with Crippen molar-refractivity contribution in [1.82, 2.24) is 0 Å². The van der Waals surface area contributed by atoms with E-state index in [0.29, 0.717) is 16.5 Å². The smallest absolute Gasteiger partial charge is 0.130 e. The molecule has 0 spiro atoms. The largest absolute Gasteiger partial charge is 0.388 e. The predicted molar refractivity (Wildman–Crippen MR) is 72.4 cm³/mol. The quantitative estimate of drug-likeness (QED) is 0.704. The van der Waals surface area contributed by atoms with Crippen molar-refractivity contribution in [2.45, 2.75) is 51.6 Å². The number of hydrogen-bond acceptors (Lipinski definition) is 1. The van der Waals surface area contributed by atoms with Crippen molar-refractivity contribution in [1.29, 1.82) is 0 Å². The number of rotatable bonds is 7. The van der Waals surface area contributed by atoms with E-state index in [1.54, 1.807) is 12.1 Å². The number of aliphatic hydroxyl groups is 1. The zero-order valence-corrected chi connectivity index (χ0v) is 11.8. The highest BCUT2D eigenvalue weighted by molar-refractivity contribution is 9.10. The highest BCUT2D eigenvalue weighted by Gasteiger charge is 2.12. The molecule has 0 aliphatic heterocycles. The molecule has 0 heterocycles. The zero-order valence-electron chi connectivity index (χ0n) is 10.3. The molecular weight excluding hydrogens is 283 g/mol. The van der Waals surface area contributed by atoms with Crippen molar-refractivity contribution in [3.63, 3.8) is 0 Å². The summed E-state index contributed by atoms with van der Waals surface area (Å²) in [5.41, 5.74) is 0.406. The molecule has 0 bridgehead atoms. The summed E-state index contributed by atoms with van der Waals surface area (Å²) in [6.45, 7) is 2.17. The maximum atomic E-state index is 13.5. The van der Waals surface area contributed by atoms with E-state index in [4.69, 9.17) is 0 Å². The van der Waals surface area contributed by atoms with Crippen LogP contribution in [0.1, 0.15) is 57.1 Å². The third kappa shape index (κ3) is 5.17. The van der Waals surface area contributed by atoms with Gasteiger partial charge in [-0.05, 0) is 18.6 Å². The second kappa shape index (κ2) is 7.83. The van der Waals surface area contributed by atoms with Gasteiger partial charge >= 0.3 is 0 Å². The van der Waals surface area contributed by atoms with Crippen molar-refractivity contribution in [3.8, 4) is 0 Å². The Balaban J connectivity index is 2.38. The first kappa shape index (κ1) is 14.7. The number of halogens is 2. The summed E-state index contributed by atoms with van der Waals surface area (Å²) in [5, 5.41) is 9.89. The van der Waals surface area contributed by atoms with Gasteiger partial charge in [-0.3, -0.25) is 0 Å². The fraction of sp³-hybridized carbons (Fsp3) is 0.571. The van der Waals surface area contributed by atoms with Crippen molar-refractivity contribution in [2.75, 3.05) is 0 Å². The summed E-state index contributed by atoms with van der Waals surface area (Å²) < 4.78 is 14.2. The van der Waals surface area contributed by atoms with Gasteiger partial charge in [0.15, 0.2) is 0 Å². The van der Waals surface area contributed by atoms with Crippen LogP contribution in [0.25, 0.3) is 0 Å². The molecule has 1 N–H and O–H groups in total. The van der Waals surface area contributed by atoms with Crippen molar-refractivity contribution >= 4 is 15.9 Å². The lowest BCUT2D eigenvalue weighted by atomic mass is 10.0. The molecule has 1 rings (SSSR count). The van der Waals surface area contributed by atoms with E-state index in [1.807, 2.05) is 0 Å². The molecule has 3 heteroatoms. The highest BCUT2D eigenvalue weighted by atomic mass is 79.9. The van der Waals surface area contributed by atoms with Crippen LogP contribution >= 0.6 is 15.9 Å². The first-order chi connectivity index (χ1) is 8.15. The topological polar surface area (TPSA) is 20.2 Å². The van der Waals surface area contributed by atoms with Crippen molar-refractivity contribution in [3.05, 3.63) is 34.1 Å². The van der Waals surface area contributed by atoms with Crippen LogP contribution in [-0.2, 0) is 0 Å². The third-order valence-corrected chi connectivity index (χ3v) is 3.40. The molecular formula is C14H20BrFO. The fourth-order valence-corrected chi connectivity index (χ4v) is 2.20. The molecule has 1 aromatic rings. The van der Waals surface area contributed by atoms with E-state index in [2.05, 4.69) is 22.9 Å². The van der Waals surface area contributed by atoms with Gasteiger partial charge in [0.25, 0.3) is 0 Å². The fourth-order valence-electron chi connectivity index (χ4n) is 1.87. The van der Waals surface area contributed by atoms with Crippen LogP contribution < -0.4 is 0 Å². The van der Waals surface area contributed by atoms with E-state index < -0.39 is 6.10 Å². The van der Waals surface area contributed by atoms with Gasteiger partial charge in [0.05, 0.1) is 6.10 Å². The van der Waals surface area contributed by atoms with Crippen LogP contribution in [0, 0.1) is 5.82 Å². The van der Waals surface area contributed by atoms with Crippen molar-refractivity contribution < 1.29 is 9.50 Å². The first-order valence-corrected chi connectivity index (χ1v) is 7.07. The van der Waals surface area contributed by atoms with Gasteiger partial charge in [0, 0.05) is 10.0 Å². The Morgan fingerprint density at radius 1 is 1.24 bits per heavy atom. The number of unbranched alkanes of at least 4 members (excludes halogenated alkanes) is 4. The van der Waals surface area contributed by atoms with E-state index in [1.165, 1.54) is 25.3 Å². The second-order valence-electron chi connectivity index (χ2n) is 4.38. The number of hydrogen-bond donors (Lipinski definition) is 1. The summed E-state index contributed by atoms with van der Waals surface area (Å²) in [4.78, 5) is 0. The molecule has 0 aromatic heterocycles. The summed E-state index contributed by atoms with van der Waals surface area (Å²) in [5.74, 6) is -0.333. The first-order valence-electron chi connectivity index (χ1n) is 6.28. The molecule has 96 valence electrons. The number of benzene rings is 1. The highest BCUT2D eigenvalue weighted by Crippen LogP contribution is 2.25. The summed E-state index contributed by atoms with van der Waals surface area (Å²) in [6, 6.07) is 4.81. The van der Waals surface area contributed by atoms with Crippen LogP contribution in [0.15, 0.2) is 22.7 Å². The maximum Gasteiger partial charge on any atom is 0.130 e.